The number of rotatable bonds is 9. The molecule has 0 bridgehead atoms. The van der Waals surface area contributed by atoms with Gasteiger partial charge in [-0.1, -0.05) is 12.1 Å². The lowest BCUT2D eigenvalue weighted by molar-refractivity contribution is -0.384. The van der Waals surface area contributed by atoms with Gasteiger partial charge in [0, 0.05) is 6.07 Å². The van der Waals surface area contributed by atoms with E-state index in [9.17, 15) is 28.1 Å². The summed E-state index contributed by atoms with van der Waals surface area (Å²) in [4.78, 5) is 21.1. The maximum atomic E-state index is 12.8. The molecule has 0 aromatic heterocycles. The van der Waals surface area contributed by atoms with Gasteiger partial charge in [-0.05, 0) is 53.6 Å². The number of alkyl halides is 3. The Balaban J connectivity index is 1.70. The molecule has 0 atom stereocenters. The molecule has 3 aromatic carbocycles. The Bertz CT molecular complexity index is 1260. The van der Waals surface area contributed by atoms with Crippen molar-refractivity contribution in [3.8, 4) is 11.5 Å². The number of carboxylic acid groups (broad SMARTS) is 1. The van der Waals surface area contributed by atoms with Crippen LogP contribution < -0.4 is 14.9 Å². The van der Waals surface area contributed by atoms with Gasteiger partial charge in [-0.15, -0.1) is 0 Å². The molecule has 0 aliphatic heterocycles. The Hall–Kier alpha value is -4.61. The van der Waals surface area contributed by atoms with Crippen molar-refractivity contribution >= 4 is 23.6 Å². The molecular formula is C23H18F3N3O6. The maximum Gasteiger partial charge on any atom is 0.416 e. The Morgan fingerprint density at radius 1 is 1.11 bits per heavy atom. The number of aromatic carboxylic acids is 1. The van der Waals surface area contributed by atoms with Crippen molar-refractivity contribution in [3.63, 3.8) is 0 Å². The molecule has 3 aromatic rings. The zero-order valence-corrected chi connectivity index (χ0v) is 18.1. The molecule has 0 aliphatic carbocycles. The van der Waals surface area contributed by atoms with E-state index in [1.165, 1.54) is 25.5 Å². The second-order valence-corrected chi connectivity index (χ2v) is 7.06. The van der Waals surface area contributed by atoms with Crippen LogP contribution in [0.2, 0.25) is 0 Å². The second kappa shape index (κ2) is 10.5. The first kappa shape index (κ1) is 25.0. The summed E-state index contributed by atoms with van der Waals surface area (Å²) in [5.41, 5.74) is 1.67. The third-order valence-corrected chi connectivity index (χ3v) is 4.70. The van der Waals surface area contributed by atoms with Crippen molar-refractivity contribution < 1.29 is 37.5 Å². The topological polar surface area (TPSA) is 123 Å². The van der Waals surface area contributed by atoms with Gasteiger partial charge in [0.2, 0.25) is 0 Å². The van der Waals surface area contributed by atoms with Crippen LogP contribution in [0.4, 0.5) is 24.5 Å². The van der Waals surface area contributed by atoms with Crippen LogP contribution in [0.25, 0.3) is 0 Å². The van der Waals surface area contributed by atoms with E-state index in [0.717, 1.165) is 17.7 Å². The van der Waals surface area contributed by atoms with Crippen LogP contribution in [0.5, 0.6) is 11.5 Å². The molecule has 182 valence electrons. The molecule has 0 unspecified atom stereocenters. The summed E-state index contributed by atoms with van der Waals surface area (Å²) >= 11 is 0. The molecule has 12 heteroatoms. The number of benzene rings is 3. The minimum atomic E-state index is -4.71. The van der Waals surface area contributed by atoms with Crippen LogP contribution in [-0.4, -0.2) is 29.3 Å². The minimum Gasteiger partial charge on any atom is -0.493 e. The maximum absolute atomic E-state index is 12.8. The number of halogens is 3. The minimum absolute atomic E-state index is 0.156. The van der Waals surface area contributed by atoms with E-state index in [0.29, 0.717) is 23.1 Å². The van der Waals surface area contributed by atoms with E-state index in [-0.39, 0.29) is 17.9 Å². The molecule has 0 fully saturated rings. The number of hydrogen-bond acceptors (Lipinski definition) is 7. The van der Waals surface area contributed by atoms with E-state index in [4.69, 9.17) is 14.6 Å². The third-order valence-electron chi connectivity index (χ3n) is 4.70. The van der Waals surface area contributed by atoms with Crippen LogP contribution in [0, 0.1) is 10.1 Å². The number of nitrogens with one attached hydrogen (secondary N) is 1. The molecule has 0 saturated carbocycles. The highest BCUT2D eigenvalue weighted by Crippen LogP contribution is 2.35. The molecule has 0 radical (unpaired) electrons. The fourth-order valence-corrected chi connectivity index (χ4v) is 2.92. The SMILES string of the molecule is COc1cc(/C=N\Nc2ccc(C(F)(F)F)cc2[N+](=O)[O-])ccc1OCc1ccc(C(=O)O)cc1. The number of hydrogen-bond donors (Lipinski definition) is 2. The highest BCUT2D eigenvalue weighted by Gasteiger charge is 2.33. The van der Waals surface area contributed by atoms with Crippen molar-refractivity contribution in [1.29, 1.82) is 0 Å². The number of ether oxygens (including phenoxy) is 2. The molecule has 0 amide bonds. The fraction of sp³-hybridized carbons (Fsp3) is 0.130. The van der Waals surface area contributed by atoms with Crippen LogP contribution >= 0.6 is 0 Å². The molecular weight excluding hydrogens is 471 g/mol. The van der Waals surface area contributed by atoms with Crippen LogP contribution in [0.1, 0.15) is 27.0 Å². The van der Waals surface area contributed by atoms with Crippen molar-refractivity contribution in [2.75, 3.05) is 12.5 Å². The molecule has 3 rings (SSSR count). The van der Waals surface area contributed by atoms with Gasteiger partial charge in [0.05, 0.1) is 29.4 Å². The number of nitro benzene ring substituents is 1. The van der Waals surface area contributed by atoms with Gasteiger partial charge >= 0.3 is 12.1 Å². The number of carboxylic acids is 1. The standard InChI is InChI=1S/C23H18F3N3O6/c1-34-21-10-15(4-9-20(21)35-13-14-2-5-16(6-3-14)22(30)31)12-27-28-18-8-7-17(23(24,25)26)11-19(18)29(32)33/h2-12,28H,13H2,1H3,(H,30,31)/b27-12-. The van der Waals surface area contributed by atoms with Crippen molar-refractivity contribution in [2.24, 2.45) is 5.10 Å². The van der Waals surface area contributed by atoms with Gasteiger partial charge in [0.15, 0.2) is 11.5 Å². The van der Waals surface area contributed by atoms with E-state index in [1.807, 2.05) is 0 Å². The first-order valence-corrected chi connectivity index (χ1v) is 9.86. The highest BCUT2D eigenvalue weighted by atomic mass is 19.4. The zero-order valence-electron chi connectivity index (χ0n) is 18.1. The Kier molecular flexibility index (Phi) is 7.54. The largest absolute Gasteiger partial charge is 0.493 e. The average molecular weight is 489 g/mol. The zero-order chi connectivity index (χ0) is 25.6. The van der Waals surface area contributed by atoms with Gasteiger partial charge in [0.1, 0.15) is 12.3 Å². The average Bonchev–Trinajstić information content (AvgIpc) is 2.82. The summed E-state index contributed by atoms with van der Waals surface area (Å²) in [6.07, 6.45) is -3.41. The van der Waals surface area contributed by atoms with E-state index < -0.39 is 28.3 Å². The predicted octanol–water partition coefficient (Wildman–Crippen LogP) is 5.35. The number of methoxy groups -OCH3 is 1. The summed E-state index contributed by atoms with van der Waals surface area (Å²) in [6.45, 7) is 0.156. The van der Waals surface area contributed by atoms with E-state index in [2.05, 4.69) is 10.5 Å². The van der Waals surface area contributed by atoms with E-state index in [1.54, 1.807) is 30.3 Å². The number of carbonyl (C=O) groups is 1. The Morgan fingerprint density at radius 2 is 1.83 bits per heavy atom. The van der Waals surface area contributed by atoms with Crippen LogP contribution in [0.15, 0.2) is 65.8 Å². The molecule has 0 heterocycles. The van der Waals surface area contributed by atoms with Gasteiger partial charge in [-0.3, -0.25) is 15.5 Å². The van der Waals surface area contributed by atoms with Gasteiger partial charge < -0.3 is 14.6 Å². The lowest BCUT2D eigenvalue weighted by atomic mass is 10.1. The number of nitro groups is 1. The first-order chi connectivity index (χ1) is 16.6. The smallest absolute Gasteiger partial charge is 0.416 e. The molecule has 2 N–H and O–H groups in total. The number of anilines is 1. The van der Waals surface area contributed by atoms with Gasteiger partial charge in [0.25, 0.3) is 5.69 Å². The lowest BCUT2D eigenvalue weighted by Crippen LogP contribution is -2.06. The monoisotopic (exact) mass is 489 g/mol. The molecule has 0 aliphatic rings. The number of nitrogens with zero attached hydrogens (tertiary/aromatic N) is 2. The summed E-state index contributed by atoms with van der Waals surface area (Å²) < 4.78 is 49.5. The summed E-state index contributed by atoms with van der Waals surface area (Å²) in [5.74, 6) is -0.270. The Morgan fingerprint density at radius 3 is 2.43 bits per heavy atom. The summed E-state index contributed by atoms with van der Waals surface area (Å²) in [6, 6.07) is 13.1. The third kappa shape index (κ3) is 6.47. The molecule has 0 spiro atoms. The molecule has 0 saturated heterocycles. The highest BCUT2D eigenvalue weighted by molar-refractivity contribution is 5.87. The second-order valence-electron chi connectivity index (χ2n) is 7.06. The van der Waals surface area contributed by atoms with Gasteiger partial charge in [-0.25, -0.2) is 4.79 Å². The summed E-state index contributed by atoms with van der Waals surface area (Å²) in [7, 11) is 1.43. The van der Waals surface area contributed by atoms with Crippen molar-refractivity contribution in [3.05, 3.63) is 93.0 Å². The van der Waals surface area contributed by atoms with Crippen LogP contribution in [0.3, 0.4) is 0 Å². The normalized spacial score (nSPS) is 11.3. The predicted molar refractivity (Wildman–Crippen MR) is 120 cm³/mol. The quantitative estimate of drug-likeness (QED) is 0.236. The first-order valence-electron chi connectivity index (χ1n) is 9.86. The van der Waals surface area contributed by atoms with E-state index >= 15 is 0 Å². The lowest BCUT2D eigenvalue weighted by Gasteiger charge is -2.11. The van der Waals surface area contributed by atoms with Crippen molar-refractivity contribution in [2.45, 2.75) is 12.8 Å². The number of hydrazone groups is 1. The fourth-order valence-electron chi connectivity index (χ4n) is 2.92. The molecule has 35 heavy (non-hydrogen) atoms. The van der Waals surface area contributed by atoms with Crippen molar-refractivity contribution in [1.82, 2.24) is 0 Å². The van der Waals surface area contributed by atoms with Gasteiger partial charge in [-0.2, -0.15) is 18.3 Å². The Labute approximate surface area is 196 Å². The van der Waals surface area contributed by atoms with Crippen LogP contribution in [-0.2, 0) is 12.8 Å². The summed E-state index contributed by atoms with van der Waals surface area (Å²) in [5, 5.41) is 24.0. The molecule has 9 nitrogen and oxygen atoms in total.